The molecule has 0 spiro atoms. The lowest BCUT2D eigenvalue weighted by atomic mass is 10.0. The Balaban J connectivity index is 1.51. The van der Waals surface area contributed by atoms with Gasteiger partial charge in [0.15, 0.2) is 0 Å². The maximum absolute atomic E-state index is 12.6. The molecule has 0 bridgehead atoms. The third-order valence-electron chi connectivity index (χ3n) is 4.36. The van der Waals surface area contributed by atoms with Crippen LogP contribution in [-0.4, -0.2) is 20.1 Å². The van der Waals surface area contributed by atoms with Crippen LogP contribution in [-0.2, 0) is 6.18 Å². The van der Waals surface area contributed by atoms with Crippen LogP contribution in [0.25, 0.3) is 11.0 Å². The summed E-state index contributed by atoms with van der Waals surface area (Å²) < 4.78 is 37.9. The van der Waals surface area contributed by atoms with Crippen molar-refractivity contribution in [1.82, 2.24) is 15.0 Å². The van der Waals surface area contributed by atoms with E-state index in [2.05, 4.69) is 20.3 Å². The highest BCUT2D eigenvalue weighted by molar-refractivity contribution is 5.80. The van der Waals surface area contributed by atoms with Crippen LogP contribution >= 0.6 is 0 Å². The molecule has 1 aromatic carbocycles. The molecule has 0 aliphatic carbocycles. The number of nitrogens with zero attached hydrogens (tertiary/aromatic N) is 2. The Morgan fingerprint density at radius 2 is 1.79 bits per heavy atom. The highest BCUT2D eigenvalue weighted by Crippen LogP contribution is 2.31. The lowest BCUT2D eigenvalue weighted by molar-refractivity contribution is -0.137. The van der Waals surface area contributed by atoms with Crippen LogP contribution in [0.5, 0.6) is 0 Å². The van der Waals surface area contributed by atoms with E-state index >= 15 is 0 Å². The van der Waals surface area contributed by atoms with E-state index < -0.39 is 17.8 Å². The van der Waals surface area contributed by atoms with E-state index in [1.54, 1.807) is 30.6 Å². The van der Waals surface area contributed by atoms with Crippen molar-refractivity contribution in [1.29, 1.82) is 0 Å². The minimum Gasteiger partial charge on any atom is -0.384 e. The van der Waals surface area contributed by atoms with Gasteiger partial charge >= 0.3 is 6.18 Å². The van der Waals surface area contributed by atoms with Crippen molar-refractivity contribution in [2.45, 2.75) is 12.3 Å². The molecule has 3 N–H and O–H groups in total. The summed E-state index contributed by atoms with van der Waals surface area (Å²) in [6.45, 7) is 0. The molecule has 3 heterocycles. The summed E-state index contributed by atoms with van der Waals surface area (Å²) in [5.41, 5.74) is 1.73. The number of aliphatic hydroxyl groups is 1. The van der Waals surface area contributed by atoms with Gasteiger partial charge in [0.1, 0.15) is 17.6 Å². The standard InChI is InChI=1S/C20H15F3N4O/c21-20(22,23)13-4-6-14(7-5-13)27-17-8-3-12(10-25-17)18(28)16-11-26-19-15(16)2-1-9-24-19/h1-11,18,28H,(H,24,26)(H,25,27). The monoisotopic (exact) mass is 384 g/mol. The van der Waals surface area contributed by atoms with E-state index in [4.69, 9.17) is 0 Å². The molecule has 8 heteroatoms. The number of hydrogen-bond acceptors (Lipinski definition) is 4. The van der Waals surface area contributed by atoms with Gasteiger partial charge < -0.3 is 15.4 Å². The summed E-state index contributed by atoms with van der Waals surface area (Å²) in [6, 6.07) is 11.7. The zero-order valence-electron chi connectivity index (χ0n) is 14.4. The summed E-state index contributed by atoms with van der Waals surface area (Å²) >= 11 is 0. The molecule has 0 amide bonds. The number of aromatic nitrogens is 3. The van der Waals surface area contributed by atoms with Crippen LogP contribution in [0.4, 0.5) is 24.7 Å². The van der Waals surface area contributed by atoms with Crippen molar-refractivity contribution in [3.05, 3.63) is 83.8 Å². The lowest BCUT2D eigenvalue weighted by Gasteiger charge is -2.12. The van der Waals surface area contributed by atoms with Crippen molar-refractivity contribution in [3.63, 3.8) is 0 Å². The van der Waals surface area contributed by atoms with Gasteiger partial charge in [-0.05, 0) is 42.5 Å². The molecule has 1 atom stereocenters. The molecule has 1 unspecified atom stereocenters. The second-order valence-corrected chi connectivity index (χ2v) is 6.22. The second kappa shape index (κ2) is 6.97. The molecule has 5 nitrogen and oxygen atoms in total. The van der Waals surface area contributed by atoms with Gasteiger partial charge in [0.05, 0.1) is 5.56 Å². The molecular formula is C20H15F3N4O. The van der Waals surface area contributed by atoms with E-state index in [0.29, 0.717) is 28.3 Å². The molecule has 0 saturated carbocycles. The van der Waals surface area contributed by atoms with Gasteiger partial charge in [-0.3, -0.25) is 0 Å². The van der Waals surface area contributed by atoms with Crippen molar-refractivity contribution in [2.75, 3.05) is 5.32 Å². The topological polar surface area (TPSA) is 73.8 Å². The number of rotatable bonds is 4. The highest BCUT2D eigenvalue weighted by atomic mass is 19.4. The largest absolute Gasteiger partial charge is 0.416 e. The van der Waals surface area contributed by atoms with Gasteiger partial charge in [0, 0.05) is 40.8 Å². The lowest BCUT2D eigenvalue weighted by Crippen LogP contribution is -2.04. The number of pyridine rings is 2. The van der Waals surface area contributed by atoms with Gasteiger partial charge in [-0.15, -0.1) is 0 Å². The molecule has 0 aliphatic heterocycles. The molecule has 4 aromatic rings. The highest BCUT2D eigenvalue weighted by Gasteiger charge is 2.29. The summed E-state index contributed by atoms with van der Waals surface area (Å²) in [5.74, 6) is 0.455. The Kier molecular flexibility index (Phi) is 4.48. The smallest absolute Gasteiger partial charge is 0.384 e. The molecule has 3 aromatic heterocycles. The number of fused-ring (bicyclic) bond motifs is 1. The first-order valence-electron chi connectivity index (χ1n) is 8.42. The average Bonchev–Trinajstić information content (AvgIpc) is 3.12. The first-order chi connectivity index (χ1) is 13.4. The zero-order chi connectivity index (χ0) is 19.7. The maximum Gasteiger partial charge on any atom is 0.416 e. The molecule has 142 valence electrons. The first-order valence-corrected chi connectivity index (χ1v) is 8.42. The minimum atomic E-state index is -4.37. The number of aliphatic hydroxyl groups excluding tert-OH is 1. The normalized spacial score (nSPS) is 12.9. The van der Waals surface area contributed by atoms with E-state index in [1.807, 2.05) is 6.07 Å². The van der Waals surface area contributed by atoms with Gasteiger partial charge in [-0.25, -0.2) is 9.97 Å². The van der Waals surface area contributed by atoms with Crippen LogP contribution in [0, 0.1) is 0 Å². The Morgan fingerprint density at radius 1 is 1.00 bits per heavy atom. The summed E-state index contributed by atoms with van der Waals surface area (Å²) in [4.78, 5) is 11.4. The van der Waals surface area contributed by atoms with Crippen molar-refractivity contribution in [3.8, 4) is 0 Å². The average molecular weight is 384 g/mol. The molecule has 4 rings (SSSR count). The number of aromatic amines is 1. The van der Waals surface area contributed by atoms with Crippen molar-refractivity contribution in [2.24, 2.45) is 0 Å². The van der Waals surface area contributed by atoms with Crippen molar-refractivity contribution >= 4 is 22.5 Å². The number of benzene rings is 1. The van der Waals surface area contributed by atoms with Gasteiger partial charge in [-0.2, -0.15) is 13.2 Å². The molecule has 0 radical (unpaired) electrons. The van der Waals surface area contributed by atoms with Crippen LogP contribution < -0.4 is 5.32 Å². The summed E-state index contributed by atoms with van der Waals surface area (Å²) in [6.07, 6.45) is -0.362. The first kappa shape index (κ1) is 18.0. The Bertz CT molecular complexity index is 1090. The fraction of sp³-hybridized carbons (Fsp3) is 0.100. The van der Waals surface area contributed by atoms with Crippen LogP contribution in [0.2, 0.25) is 0 Å². The third kappa shape index (κ3) is 3.54. The predicted molar refractivity (Wildman–Crippen MR) is 99.1 cm³/mol. The maximum atomic E-state index is 12.6. The van der Waals surface area contributed by atoms with Gasteiger partial charge in [0.25, 0.3) is 0 Å². The quantitative estimate of drug-likeness (QED) is 0.472. The molecule has 0 saturated heterocycles. The zero-order valence-corrected chi connectivity index (χ0v) is 14.4. The van der Waals surface area contributed by atoms with E-state index in [-0.39, 0.29) is 0 Å². The number of anilines is 2. The SMILES string of the molecule is OC(c1ccc(Nc2ccc(C(F)(F)F)cc2)nc1)c1c[nH]c2ncccc12. The van der Waals surface area contributed by atoms with Crippen molar-refractivity contribution < 1.29 is 18.3 Å². The number of alkyl halides is 3. The predicted octanol–water partition coefficient (Wildman–Crippen LogP) is 4.80. The third-order valence-corrected chi connectivity index (χ3v) is 4.36. The molecular weight excluding hydrogens is 369 g/mol. The van der Waals surface area contributed by atoms with Crippen LogP contribution in [0.1, 0.15) is 22.8 Å². The Labute approximate surface area is 157 Å². The minimum absolute atomic E-state index is 0.455. The fourth-order valence-electron chi connectivity index (χ4n) is 2.91. The molecule has 0 fully saturated rings. The van der Waals surface area contributed by atoms with Crippen LogP contribution in [0.15, 0.2) is 67.1 Å². The van der Waals surface area contributed by atoms with Gasteiger partial charge in [-0.1, -0.05) is 6.07 Å². The molecule has 0 aliphatic rings. The van der Waals surface area contributed by atoms with Gasteiger partial charge in [0.2, 0.25) is 0 Å². The number of nitrogens with one attached hydrogen (secondary N) is 2. The second-order valence-electron chi connectivity index (χ2n) is 6.22. The number of H-pyrrole nitrogens is 1. The Morgan fingerprint density at radius 3 is 2.46 bits per heavy atom. The van der Waals surface area contributed by atoms with E-state index in [1.165, 1.54) is 18.3 Å². The number of halogens is 3. The van der Waals surface area contributed by atoms with E-state index in [0.717, 1.165) is 17.5 Å². The van der Waals surface area contributed by atoms with Crippen LogP contribution in [0.3, 0.4) is 0 Å². The van der Waals surface area contributed by atoms with E-state index in [9.17, 15) is 18.3 Å². The molecule has 28 heavy (non-hydrogen) atoms. The fourth-order valence-corrected chi connectivity index (χ4v) is 2.91. The summed E-state index contributed by atoms with van der Waals surface area (Å²) in [7, 11) is 0. The Hall–Kier alpha value is -3.39. The number of hydrogen-bond donors (Lipinski definition) is 3. The summed E-state index contributed by atoms with van der Waals surface area (Å²) in [5, 5.41) is 14.4.